The van der Waals surface area contributed by atoms with Crippen molar-refractivity contribution in [2.45, 2.75) is 76.7 Å². The molecule has 0 aromatic carbocycles. The van der Waals surface area contributed by atoms with Gasteiger partial charge < -0.3 is 24.4 Å². The van der Waals surface area contributed by atoms with E-state index in [1.165, 1.54) is 0 Å². The Morgan fingerprint density at radius 1 is 1.39 bits per heavy atom. The lowest BCUT2D eigenvalue weighted by molar-refractivity contribution is -0.161. The first-order valence-corrected chi connectivity index (χ1v) is 11.4. The second-order valence-electron chi connectivity index (χ2n) is 9.07. The molecule has 174 valence electrons. The van der Waals surface area contributed by atoms with Crippen molar-refractivity contribution >= 4 is 17.8 Å². The van der Waals surface area contributed by atoms with E-state index in [9.17, 15) is 19.5 Å². The number of hydrogen-bond acceptors (Lipinski definition) is 6. The van der Waals surface area contributed by atoms with E-state index in [0.717, 1.165) is 0 Å². The molecule has 8 nitrogen and oxygen atoms in total. The molecule has 2 amide bonds. The smallest absolute Gasteiger partial charge is 0.312 e. The molecule has 3 saturated heterocycles. The minimum absolute atomic E-state index is 0.0877. The van der Waals surface area contributed by atoms with Crippen LogP contribution in [-0.2, 0) is 23.9 Å². The number of amides is 2. The topological polar surface area (TPSA) is 96.4 Å². The summed E-state index contributed by atoms with van der Waals surface area (Å²) in [6.45, 7) is 12.0. The first kappa shape index (κ1) is 23.7. The summed E-state index contributed by atoms with van der Waals surface area (Å²) < 4.78 is 12.0. The molecule has 2 unspecified atom stereocenters. The summed E-state index contributed by atoms with van der Waals surface area (Å²) >= 11 is 0. The van der Waals surface area contributed by atoms with E-state index in [4.69, 9.17) is 9.47 Å². The molecule has 1 spiro atoms. The van der Waals surface area contributed by atoms with Gasteiger partial charge in [-0.15, -0.1) is 6.58 Å². The monoisotopic (exact) mass is 436 g/mol. The SMILES string of the molecule is C=CCN(C(=O)C1N(CCCO)C(=O)[C@@H]2[C@H](C(=O)OCC)[C@]3(CC)CCC12O3)C(C)C. The average Bonchev–Trinajstić information content (AvgIpc) is 3.33. The molecular formula is C23H36N2O6. The van der Waals surface area contributed by atoms with E-state index in [1.54, 1.807) is 22.8 Å². The Morgan fingerprint density at radius 3 is 2.65 bits per heavy atom. The molecule has 5 atom stereocenters. The number of esters is 1. The van der Waals surface area contributed by atoms with Gasteiger partial charge in [-0.25, -0.2) is 0 Å². The van der Waals surface area contributed by atoms with Gasteiger partial charge >= 0.3 is 5.97 Å². The highest BCUT2D eigenvalue weighted by Crippen LogP contribution is 2.64. The summed E-state index contributed by atoms with van der Waals surface area (Å²) in [5.74, 6) is -2.33. The maximum Gasteiger partial charge on any atom is 0.312 e. The third-order valence-corrected chi connectivity index (χ3v) is 7.24. The molecule has 3 aliphatic rings. The molecule has 0 saturated carbocycles. The summed E-state index contributed by atoms with van der Waals surface area (Å²) in [5, 5.41) is 9.39. The van der Waals surface area contributed by atoms with Crippen molar-refractivity contribution in [3.05, 3.63) is 12.7 Å². The van der Waals surface area contributed by atoms with Crippen LogP contribution < -0.4 is 0 Å². The molecule has 3 fully saturated rings. The van der Waals surface area contributed by atoms with Crippen LogP contribution in [0, 0.1) is 11.8 Å². The van der Waals surface area contributed by atoms with Gasteiger partial charge in [-0.3, -0.25) is 14.4 Å². The number of aliphatic hydroxyl groups is 1. The van der Waals surface area contributed by atoms with Crippen molar-refractivity contribution in [2.24, 2.45) is 11.8 Å². The number of hydrogen-bond donors (Lipinski definition) is 1. The van der Waals surface area contributed by atoms with Gasteiger partial charge in [0.15, 0.2) is 0 Å². The average molecular weight is 437 g/mol. The van der Waals surface area contributed by atoms with E-state index in [-0.39, 0.29) is 37.6 Å². The van der Waals surface area contributed by atoms with Crippen LogP contribution in [0.3, 0.4) is 0 Å². The van der Waals surface area contributed by atoms with Gasteiger partial charge in [0.05, 0.1) is 18.1 Å². The Labute approximate surface area is 184 Å². The molecule has 0 radical (unpaired) electrons. The Bertz CT molecular complexity index is 740. The molecule has 0 aliphatic carbocycles. The minimum atomic E-state index is -1.05. The molecular weight excluding hydrogens is 400 g/mol. The van der Waals surface area contributed by atoms with E-state index in [2.05, 4.69) is 6.58 Å². The summed E-state index contributed by atoms with van der Waals surface area (Å²) in [7, 11) is 0. The lowest BCUT2D eigenvalue weighted by Crippen LogP contribution is -2.57. The molecule has 3 heterocycles. The molecule has 8 heteroatoms. The minimum Gasteiger partial charge on any atom is -0.466 e. The molecule has 3 aliphatic heterocycles. The van der Waals surface area contributed by atoms with Crippen LogP contribution in [0.15, 0.2) is 12.7 Å². The van der Waals surface area contributed by atoms with E-state index >= 15 is 0 Å². The number of carbonyl (C=O) groups is 3. The molecule has 1 N–H and O–H groups in total. The second-order valence-corrected chi connectivity index (χ2v) is 9.07. The van der Waals surface area contributed by atoms with Gasteiger partial charge in [0.25, 0.3) is 0 Å². The van der Waals surface area contributed by atoms with Crippen LogP contribution >= 0.6 is 0 Å². The van der Waals surface area contributed by atoms with Gasteiger partial charge in [0.1, 0.15) is 17.6 Å². The highest BCUT2D eigenvalue weighted by atomic mass is 16.6. The fraction of sp³-hybridized carbons (Fsp3) is 0.783. The van der Waals surface area contributed by atoms with E-state index in [1.807, 2.05) is 20.8 Å². The van der Waals surface area contributed by atoms with Crippen molar-refractivity contribution < 1.29 is 29.0 Å². The standard InChI is InChI=1S/C23H36N2O6/c1-6-12-24(15(4)5)20(28)18-23-11-10-22(7-2,31-23)17(21(29)30-8-3)16(23)19(27)25(18)13-9-14-26/h6,15-18,26H,1,7-14H2,2-5H3/t16-,17+,18?,22-,23?/m0/s1. The lowest BCUT2D eigenvalue weighted by Gasteiger charge is -2.38. The van der Waals surface area contributed by atoms with Crippen LogP contribution in [0.5, 0.6) is 0 Å². The van der Waals surface area contributed by atoms with E-state index < -0.39 is 35.0 Å². The number of rotatable bonds is 10. The van der Waals surface area contributed by atoms with Crippen LogP contribution in [0.1, 0.15) is 53.4 Å². The van der Waals surface area contributed by atoms with Crippen molar-refractivity contribution in [1.82, 2.24) is 9.80 Å². The predicted octanol–water partition coefficient (Wildman–Crippen LogP) is 1.51. The first-order valence-electron chi connectivity index (χ1n) is 11.4. The summed E-state index contributed by atoms with van der Waals surface area (Å²) in [4.78, 5) is 43.8. The van der Waals surface area contributed by atoms with Crippen molar-refractivity contribution in [3.63, 3.8) is 0 Å². The largest absolute Gasteiger partial charge is 0.466 e. The number of ether oxygens (including phenoxy) is 2. The van der Waals surface area contributed by atoms with Crippen molar-refractivity contribution in [1.29, 1.82) is 0 Å². The lowest BCUT2D eigenvalue weighted by atomic mass is 9.65. The third-order valence-electron chi connectivity index (χ3n) is 7.24. The van der Waals surface area contributed by atoms with Gasteiger partial charge in [0, 0.05) is 25.7 Å². The fourth-order valence-electron chi connectivity index (χ4n) is 5.92. The highest BCUT2D eigenvalue weighted by molar-refractivity contribution is 5.98. The molecule has 3 rings (SSSR count). The van der Waals surface area contributed by atoms with Crippen LogP contribution in [0.2, 0.25) is 0 Å². The Kier molecular flexibility index (Phi) is 6.81. The zero-order chi connectivity index (χ0) is 23.0. The summed E-state index contributed by atoms with van der Waals surface area (Å²) in [5.41, 5.74) is -1.83. The number of aliphatic hydroxyl groups excluding tert-OH is 1. The van der Waals surface area contributed by atoms with Gasteiger partial charge in [0.2, 0.25) is 11.8 Å². The predicted molar refractivity (Wildman–Crippen MR) is 114 cm³/mol. The molecule has 2 bridgehead atoms. The van der Waals surface area contributed by atoms with Crippen LogP contribution in [-0.4, -0.2) is 82.3 Å². The normalized spacial score (nSPS) is 33.7. The number of fused-ring (bicyclic) bond motifs is 1. The maximum atomic E-state index is 13.8. The zero-order valence-electron chi connectivity index (χ0n) is 19.1. The van der Waals surface area contributed by atoms with Gasteiger partial charge in [-0.2, -0.15) is 0 Å². The quantitative estimate of drug-likeness (QED) is 0.412. The first-order chi connectivity index (χ1) is 14.7. The zero-order valence-corrected chi connectivity index (χ0v) is 19.1. The Morgan fingerprint density at radius 2 is 2.10 bits per heavy atom. The van der Waals surface area contributed by atoms with Gasteiger partial charge in [-0.05, 0) is 46.5 Å². The summed E-state index contributed by atoms with van der Waals surface area (Å²) in [6, 6.07) is -0.915. The van der Waals surface area contributed by atoms with Gasteiger partial charge in [-0.1, -0.05) is 13.0 Å². The Hall–Kier alpha value is -1.93. The maximum absolute atomic E-state index is 13.8. The highest BCUT2D eigenvalue weighted by Gasteiger charge is 2.79. The van der Waals surface area contributed by atoms with Crippen molar-refractivity contribution in [2.75, 3.05) is 26.3 Å². The Balaban J connectivity index is 2.09. The number of nitrogens with zero attached hydrogens (tertiary/aromatic N) is 2. The van der Waals surface area contributed by atoms with Crippen molar-refractivity contribution in [3.8, 4) is 0 Å². The number of likely N-dealkylation sites (tertiary alicyclic amines) is 1. The van der Waals surface area contributed by atoms with Crippen LogP contribution in [0.4, 0.5) is 0 Å². The number of carbonyl (C=O) groups excluding carboxylic acids is 3. The fourth-order valence-corrected chi connectivity index (χ4v) is 5.92. The summed E-state index contributed by atoms with van der Waals surface area (Å²) in [6.07, 6.45) is 3.74. The second kappa shape index (κ2) is 8.90. The van der Waals surface area contributed by atoms with Crippen LogP contribution in [0.25, 0.3) is 0 Å². The van der Waals surface area contributed by atoms with E-state index in [0.29, 0.717) is 32.2 Å². The molecule has 0 aromatic rings. The molecule has 31 heavy (non-hydrogen) atoms. The third kappa shape index (κ3) is 3.48. The molecule has 0 aromatic heterocycles.